The molecule has 1 fully saturated rings. The van der Waals surface area contributed by atoms with Gasteiger partial charge in [0.1, 0.15) is 23.9 Å². The number of hydrogen-bond acceptors (Lipinski definition) is 6. The fourth-order valence-corrected chi connectivity index (χ4v) is 4.05. The zero-order valence-corrected chi connectivity index (χ0v) is 18.2. The molecule has 4 rings (SSSR count). The minimum Gasteiger partial charge on any atom is -0.507 e. The first-order valence-corrected chi connectivity index (χ1v) is 10.5. The molecule has 1 aromatic heterocycles. The van der Waals surface area contributed by atoms with Crippen molar-refractivity contribution in [3.8, 4) is 39.6 Å². The van der Waals surface area contributed by atoms with Crippen LogP contribution in [0.2, 0.25) is 0 Å². The van der Waals surface area contributed by atoms with Crippen LogP contribution in [-0.2, 0) is 4.74 Å². The first kappa shape index (κ1) is 21.2. The van der Waals surface area contributed by atoms with Crippen molar-refractivity contribution < 1.29 is 19.3 Å². The Labute approximate surface area is 182 Å². The van der Waals surface area contributed by atoms with Crippen molar-refractivity contribution in [2.75, 3.05) is 33.4 Å². The maximum absolute atomic E-state index is 10.7. The normalized spacial score (nSPS) is 19.3. The Morgan fingerprint density at radius 1 is 1.06 bits per heavy atom. The van der Waals surface area contributed by atoms with Gasteiger partial charge >= 0.3 is 0 Å². The van der Waals surface area contributed by atoms with E-state index in [1.165, 1.54) is 0 Å². The molecule has 2 aromatic carbocycles. The number of H-pyrrole nitrogens is 1. The van der Waals surface area contributed by atoms with E-state index in [-0.39, 0.29) is 18.0 Å². The van der Waals surface area contributed by atoms with Gasteiger partial charge in [-0.1, -0.05) is 12.1 Å². The van der Waals surface area contributed by atoms with Crippen LogP contribution in [0.25, 0.3) is 22.4 Å². The topological polar surface area (TPSA) is 79.8 Å². The Bertz CT molecular complexity index is 992. The quantitative estimate of drug-likeness (QED) is 0.599. The van der Waals surface area contributed by atoms with E-state index >= 15 is 0 Å². The molecule has 7 nitrogen and oxygen atoms in total. The summed E-state index contributed by atoms with van der Waals surface area (Å²) in [5.41, 5.74) is 3.32. The van der Waals surface area contributed by atoms with Crippen LogP contribution < -0.4 is 9.47 Å². The van der Waals surface area contributed by atoms with Gasteiger partial charge in [0.2, 0.25) is 0 Å². The molecule has 0 aliphatic carbocycles. The third kappa shape index (κ3) is 5.00. The minimum absolute atomic E-state index is 0.144. The number of phenolic OH excluding ortho intramolecular Hbond substituents is 1. The van der Waals surface area contributed by atoms with Gasteiger partial charge < -0.3 is 19.3 Å². The fraction of sp³-hybridized carbons (Fsp3) is 0.375. The standard InChI is InChI=1S/C24H29N3O4/c1-16-14-27(15-17(2)31-16)10-11-30-20-8-9-21(23(28)12-20)24-22(13-25-26-24)18-4-6-19(29-3)7-5-18/h4-9,12-13,16-17,28H,10-11,14-15H2,1-3H3,(H,25,26)/t16-,17+. The van der Waals surface area contributed by atoms with Gasteiger partial charge in [-0.15, -0.1) is 0 Å². The summed E-state index contributed by atoms with van der Waals surface area (Å²) in [5.74, 6) is 1.57. The SMILES string of the molecule is COc1ccc(-c2cn[nH]c2-c2ccc(OCCN3C[C@@H](C)O[C@@H](C)C3)cc2O)cc1. The van der Waals surface area contributed by atoms with Crippen LogP contribution in [0.5, 0.6) is 17.2 Å². The van der Waals surface area contributed by atoms with Gasteiger partial charge in [-0.2, -0.15) is 5.10 Å². The second-order valence-corrected chi connectivity index (χ2v) is 7.93. The minimum atomic E-state index is 0.144. The van der Waals surface area contributed by atoms with Gasteiger partial charge in [-0.3, -0.25) is 10.00 Å². The number of nitrogens with one attached hydrogen (secondary N) is 1. The lowest BCUT2D eigenvalue weighted by molar-refractivity contribution is -0.0699. The van der Waals surface area contributed by atoms with Crippen molar-refractivity contribution in [2.45, 2.75) is 26.1 Å². The highest BCUT2D eigenvalue weighted by Crippen LogP contribution is 2.37. The number of phenols is 1. The van der Waals surface area contributed by atoms with Crippen molar-refractivity contribution in [1.29, 1.82) is 0 Å². The highest BCUT2D eigenvalue weighted by molar-refractivity contribution is 5.83. The molecule has 1 aliphatic heterocycles. The van der Waals surface area contributed by atoms with Crippen molar-refractivity contribution in [3.05, 3.63) is 48.7 Å². The molecule has 2 heterocycles. The predicted octanol–water partition coefficient (Wildman–Crippen LogP) is 3.95. The maximum atomic E-state index is 10.7. The fourth-order valence-electron chi connectivity index (χ4n) is 4.05. The van der Waals surface area contributed by atoms with E-state index in [1.54, 1.807) is 19.4 Å². The lowest BCUT2D eigenvalue weighted by Crippen LogP contribution is -2.46. The average Bonchev–Trinajstić information content (AvgIpc) is 3.23. The first-order chi connectivity index (χ1) is 15.0. The Morgan fingerprint density at radius 2 is 1.77 bits per heavy atom. The highest BCUT2D eigenvalue weighted by atomic mass is 16.5. The van der Waals surface area contributed by atoms with Crippen molar-refractivity contribution in [1.82, 2.24) is 15.1 Å². The van der Waals surface area contributed by atoms with Gasteiger partial charge in [0.05, 0.1) is 31.2 Å². The summed E-state index contributed by atoms with van der Waals surface area (Å²) < 4.78 is 16.9. The summed E-state index contributed by atoms with van der Waals surface area (Å²) in [7, 11) is 1.64. The second kappa shape index (κ2) is 9.41. The molecule has 1 aliphatic rings. The molecule has 2 N–H and O–H groups in total. The molecular formula is C24H29N3O4. The summed E-state index contributed by atoms with van der Waals surface area (Å²) in [6.45, 7) is 7.38. The van der Waals surface area contributed by atoms with Gasteiger partial charge in [0.25, 0.3) is 0 Å². The van der Waals surface area contributed by atoms with Gasteiger partial charge in [-0.25, -0.2) is 0 Å². The monoisotopic (exact) mass is 423 g/mol. The molecule has 7 heteroatoms. The molecule has 31 heavy (non-hydrogen) atoms. The lowest BCUT2D eigenvalue weighted by Gasteiger charge is -2.35. The van der Waals surface area contributed by atoms with E-state index in [2.05, 4.69) is 28.9 Å². The van der Waals surface area contributed by atoms with Crippen molar-refractivity contribution in [3.63, 3.8) is 0 Å². The summed E-state index contributed by atoms with van der Waals surface area (Å²) in [6, 6.07) is 13.1. The number of morpholine rings is 1. The smallest absolute Gasteiger partial charge is 0.128 e. The van der Waals surface area contributed by atoms with Crippen molar-refractivity contribution >= 4 is 0 Å². The molecule has 0 bridgehead atoms. The van der Waals surface area contributed by atoms with Crippen LogP contribution in [0.4, 0.5) is 0 Å². The van der Waals surface area contributed by atoms with Gasteiger partial charge in [0, 0.05) is 36.8 Å². The first-order valence-electron chi connectivity index (χ1n) is 10.5. The van der Waals surface area contributed by atoms with Crippen LogP contribution in [0.1, 0.15) is 13.8 Å². The molecule has 164 valence electrons. The molecular weight excluding hydrogens is 394 g/mol. The number of rotatable bonds is 7. The van der Waals surface area contributed by atoms with E-state index in [4.69, 9.17) is 14.2 Å². The molecule has 0 unspecified atom stereocenters. The predicted molar refractivity (Wildman–Crippen MR) is 120 cm³/mol. The lowest BCUT2D eigenvalue weighted by atomic mass is 10.0. The maximum Gasteiger partial charge on any atom is 0.128 e. The van der Waals surface area contributed by atoms with Crippen molar-refractivity contribution in [2.24, 2.45) is 0 Å². The average molecular weight is 424 g/mol. The van der Waals surface area contributed by atoms with E-state index in [0.717, 1.165) is 42.2 Å². The van der Waals surface area contributed by atoms with Crippen LogP contribution in [0.15, 0.2) is 48.7 Å². The molecule has 0 amide bonds. The Hall–Kier alpha value is -3.03. The number of hydrogen-bond donors (Lipinski definition) is 2. The largest absolute Gasteiger partial charge is 0.507 e. The van der Waals surface area contributed by atoms with E-state index < -0.39 is 0 Å². The van der Waals surface area contributed by atoms with Gasteiger partial charge in [-0.05, 0) is 43.7 Å². The van der Waals surface area contributed by atoms with Crippen LogP contribution in [-0.4, -0.2) is 65.8 Å². The van der Waals surface area contributed by atoms with E-state index in [9.17, 15) is 5.11 Å². The highest BCUT2D eigenvalue weighted by Gasteiger charge is 2.21. The number of ether oxygens (including phenoxy) is 3. The molecule has 0 spiro atoms. The zero-order valence-electron chi connectivity index (χ0n) is 18.2. The summed E-state index contributed by atoms with van der Waals surface area (Å²) in [6.07, 6.45) is 2.23. The number of nitrogens with zero attached hydrogens (tertiary/aromatic N) is 2. The second-order valence-electron chi connectivity index (χ2n) is 7.93. The number of aromatic nitrogens is 2. The Kier molecular flexibility index (Phi) is 6.44. The number of methoxy groups -OCH3 is 1. The van der Waals surface area contributed by atoms with Crippen LogP contribution in [0, 0.1) is 0 Å². The summed E-state index contributed by atoms with van der Waals surface area (Å²) >= 11 is 0. The third-order valence-corrected chi connectivity index (χ3v) is 5.45. The summed E-state index contributed by atoms with van der Waals surface area (Å²) in [5, 5.41) is 17.8. The molecule has 1 saturated heterocycles. The molecule has 3 aromatic rings. The third-order valence-electron chi connectivity index (χ3n) is 5.45. The molecule has 2 atom stereocenters. The Morgan fingerprint density at radius 3 is 2.45 bits per heavy atom. The molecule has 0 radical (unpaired) electrons. The van der Waals surface area contributed by atoms with Gasteiger partial charge in [0.15, 0.2) is 0 Å². The Balaban J connectivity index is 1.43. The number of aromatic amines is 1. The van der Waals surface area contributed by atoms with Crippen LogP contribution in [0.3, 0.4) is 0 Å². The molecule has 0 saturated carbocycles. The zero-order chi connectivity index (χ0) is 21.8. The number of benzene rings is 2. The van der Waals surface area contributed by atoms with E-state index in [1.807, 2.05) is 36.4 Å². The van der Waals surface area contributed by atoms with Crippen LogP contribution >= 0.6 is 0 Å². The summed E-state index contributed by atoms with van der Waals surface area (Å²) in [4.78, 5) is 2.35. The number of aromatic hydroxyl groups is 1. The van der Waals surface area contributed by atoms with E-state index in [0.29, 0.717) is 17.9 Å².